The Morgan fingerprint density at radius 2 is 2.05 bits per heavy atom. The van der Waals surface area contributed by atoms with Gasteiger partial charge in [0.2, 0.25) is 0 Å². The minimum absolute atomic E-state index is 0.539. The second kappa shape index (κ2) is 5.45. The van der Waals surface area contributed by atoms with Crippen molar-refractivity contribution in [1.82, 2.24) is 19.3 Å². The maximum Gasteiger partial charge on any atom is 0.434 e. The maximum atomic E-state index is 12.6. The summed E-state index contributed by atoms with van der Waals surface area (Å²) in [6.45, 7) is 1.15. The van der Waals surface area contributed by atoms with Gasteiger partial charge >= 0.3 is 6.18 Å². The first-order chi connectivity index (χ1) is 10.5. The molecule has 8 heteroatoms. The number of ether oxygens (including phenoxy) is 1. The molecule has 0 N–H and O–H groups in total. The number of hydrogen-bond acceptors (Lipinski definition) is 3. The molecule has 116 valence electrons. The topological polar surface area (TPSA) is 44.9 Å². The zero-order valence-corrected chi connectivity index (χ0v) is 11.7. The van der Waals surface area contributed by atoms with Crippen LogP contribution >= 0.6 is 0 Å². The standard InChI is InChI=1S/C14H13F3N4O/c1-22-5-4-21-7-10-6-11(2-3-12(10)19-21)20-8-13(18-9-20)14(15,16)17/h2-3,6-9H,4-5H2,1H3. The van der Waals surface area contributed by atoms with Crippen molar-refractivity contribution in [3.8, 4) is 5.69 Å². The monoisotopic (exact) mass is 310 g/mol. The van der Waals surface area contributed by atoms with Crippen LogP contribution in [0.5, 0.6) is 0 Å². The van der Waals surface area contributed by atoms with Crippen molar-refractivity contribution >= 4 is 10.9 Å². The van der Waals surface area contributed by atoms with Crippen molar-refractivity contribution < 1.29 is 17.9 Å². The zero-order chi connectivity index (χ0) is 15.7. The summed E-state index contributed by atoms with van der Waals surface area (Å²) in [4.78, 5) is 3.39. The molecule has 0 bridgehead atoms. The number of fused-ring (bicyclic) bond motifs is 1. The Balaban J connectivity index is 1.92. The number of benzene rings is 1. The maximum absolute atomic E-state index is 12.6. The molecule has 22 heavy (non-hydrogen) atoms. The van der Waals surface area contributed by atoms with Crippen LogP contribution in [0.15, 0.2) is 36.9 Å². The molecule has 0 fully saturated rings. The van der Waals surface area contributed by atoms with Gasteiger partial charge < -0.3 is 9.30 Å². The summed E-state index contributed by atoms with van der Waals surface area (Å²) in [5, 5.41) is 5.20. The Kier molecular flexibility index (Phi) is 3.61. The van der Waals surface area contributed by atoms with Crippen molar-refractivity contribution in [1.29, 1.82) is 0 Å². The van der Waals surface area contributed by atoms with Gasteiger partial charge in [0.1, 0.15) is 0 Å². The van der Waals surface area contributed by atoms with E-state index in [0.717, 1.165) is 23.4 Å². The first-order valence-electron chi connectivity index (χ1n) is 6.55. The second-order valence-electron chi connectivity index (χ2n) is 4.79. The highest BCUT2D eigenvalue weighted by Gasteiger charge is 2.33. The zero-order valence-electron chi connectivity index (χ0n) is 11.7. The van der Waals surface area contributed by atoms with Gasteiger partial charge in [0.25, 0.3) is 0 Å². The lowest BCUT2D eigenvalue weighted by Gasteiger charge is -2.02. The molecule has 5 nitrogen and oxygen atoms in total. The summed E-state index contributed by atoms with van der Waals surface area (Å²) in [6.07, 6.45) is -0.490. The molecule has 0 saturated carbocycles. The summed E-state index contributed by atoms with van der Waals surface area (Å²) in [6, 6.07) is 5.24. The van der Waals surface area contributed by atoms with Gasteiger partial charge in [-0.3, -0.25) is 4.68 Å². The van der Waals surface area contributed by atoms with E-state index in [1.165, 1.54) is 4.57 Å². The SMILES string of the molecule is COCCn1cc2cc(-n3cnc(C(F)(F)F)c3)ccc2n1. The van der Waals surface area contributed by atoms with Crippen molar-refractivity contribution in [2.75, 3.05) is 13.7 Å². The quantitative estimate of drug-likeness (QED) is 0.744. The van der Waals surface area contributed by atoms with Crippen LogP contribution in [0.3, 0.4) is 0 Å². The molecule has 0 spiro atoms. The predicted molar refractivity (Wildman–Crippen MR) is 73.7 cm³/mol. The molecular weight excluding hydrogens is 297 g/mol. The average molecular weight is 310 g/mol. The van der Waals surface area contributed by atoms with Crippen LogP contribution in [0.4, 0.5) is 13.2 Å². The van der Waals surface area contributed by atoms with Crippen molar-refractivity contribution in [2.45, 2.75) is 12.7 Å². The lowest BCUT2D eigenvalue weighted by Crippen LogP contribution is -2.04. The molecule has 0 unspecified atom stereocenters. The Morgan fingerprint density at radius 3 is 2.73 bits per heavy atom. The van der Waals surface area contributed by atoms with Gasteiger partial charge in [0.15, 0.2) is 5.69 Å². The van der Waals surface area contributed by atoms with E-state index in [0.29, 0.717) is 18.8 Å². The molecule has 3 aromatic rings. The Hall–Kier alpha value is -2.35. The number of imidazole rings is 1. The summed E-state index contributed by atoms with van der Waals surface area (Å²) in [5.74, 6) is 0. The lowest BCUT2D eigenvalue weighted by molar-refractivity contribution is -0.140. The molecule has 3 rings (SSSR count). The number of alkyl halides is 3. The largest absolute Gasteiger partial charge is 0.434 e. The van der Waals surface area contributed by atoms with E-state index < -0.39 is 11.9 Å². The van der Waals surface area contributed by atoms with Crippen molar-refractivity contribution in [3.63, 3.8) is 0 Å². The number of halogens is 3. The van der Waals surface area contributed by atoms with Crippen molar-refractivity contribution in [3.05, 3.63) is 42.6 Å². The third-order valence-corrected chi connectivity index (χ3v) is 3.23. The molecule has 0 atom stereocenters. The van der Waals surface area contributed by atoms with E-state index in [-0.39, 0.29) is 0 Å². The lowest BCUT2D eigenvalue weighted by atomic mass is 10.2. The third kappa shape index (κ3) is 2.82. The van der Waals surface area contributed by atoms with E-state index in [4.69, 9.17) is 4.74 Å². The van der Waals surface area contributed by atoms with Gasteiger partial charge in [0.05, 0.1) is 25.0 Å². The summed E-state index contributed by atoms with van der Waals surface area (Å²) in [7, 11) is 1.61. The highest BCUT2D eigenvalue weighted by molar-refractivity contribution is 5.80. The molecule has 0 amide bonds. The third-order valence-electron chi connectivity index (χ3n) is 3.23. The molecular formula is C14H13F3N4O. The molecule has 1 aromatic carbocycles. The van der Waals surface area contributed by atoms with Gasteiger partial charge in [-0.1, -0.05) is 0 Å². The van der Waals surface area contributed by atoms with Crippen LogP contribution in [0.25, 0.3) is 16.6 Å². The molecule has 0 radical (unpaired) electrons. The van der Waals surface area contributed by atoms with E-state index in [2.05, 4.69) is 10.1 Å². The number of rotatable bonds is 4. The van der Waals surface area contributed by atoms with E-state index in [9.17, 15) is 13.2 Å². The highest BCUT2D eigenvalue weighted by Crippen LogP contribution is 2.28. The van der Waals surface area contributed by atoms with E-state index in [1.54, 1.807) is 30.0 Å². The fourth-order valence-electron chi connectivity index (χ4n) is 2.13. The molecule has 2 heterocycles. The number of hydrogen-bond donors (Lipinski definition) is 0. The van der Waals surface area contributed by atoms with Gasteiger partial charge in [-0.2, -0.15) is 18.3 Å². The van der Waals surface area contributed by atoms with Crippen LogP contribution in [0.1, 0.15) is 5.69 Å². The fraction of sp³-hybridized carbons (Fsp3) is 0.286. The minimum Gasteiger partial charge on any atom is -0.383 e. The normalized spacial score (nSPS) is 12.2. The molecule has 0 aliphatic carbocycles. The first kappa shape index (κ1) is 14.6. The van der Waals surface area contributed by atoms with Gasteiger partial charge in [-0.25, -0.2) is 4.98 Å². The number of nitrogens with zero attached hydrogens (tertiary/aromatic N) is 4. The molecule has 2 aromatic heterocycles. The van der Waals surface area contributed by atoms with Gasteiger partial charge in [-0.15, -0.1) is 0 Å². The minimum atomic E-state index is -4.44. The van der Waals surface area contributed by atoms with Crippen molar-refractivity contribution in [2.24, 2.45) is 0 Å². The molecule has 0 aliphatic rings. The fourth-order valence-corrected chi connectivity index (χ4v) is 2.13. The van der Waals surface area contributed by atoms with Crippen LogP contribution in [-0.2, 0) is 17.5 Å². The second-order valence-corrected chi connectivity index (χ2v) is 4.79. The van der Waals surface area contributed by atoms with Crippen LogP contribution in [0, 0.1) is 0 Å². The Morgan fingerprint density at radius 1 is 1.23 bits per heavy atom. The molecule has 0 saturated heterocycles. The van der Waals surface area contributed by atoms with Crippen LogP contribution < -0.4 is 0 Å². The smallest absolute Gasteiger partial charge is 0.383 e. The van der Waals surface area contributed by atoms with E-state index >= 15 is 0 Å². The molecule has 0 aliphatic heterocycles. The Labute approximate surface area is 123 Å². The highest BCUT2D eigenvalue weighted by atomic mass is 19.4. The first-order valence-corrected chi connectivity index (χ1v) is 6.55. The van der Waals surface area contributed by atoms with Gasteiger partial charge in [0, 0.05) is 30.6 Å². The summed E-state index contributed by atoms with van der Waals surface area (Å²) < 4.78 is 45.8. The Bertz CT molecular complexity index is 791. The predicted octanol–water partition coefficient (Wildman–Crippen LogP) is 2.89. The number of aromatic nitrogens is 4. The average Bonchev–Trinajstić information content (AvgIpc) is 3.10. The van der Waals surface area contributed by atoms with Crippen LogP contribution in [0.2, 0.25) is 0 Å². The van der Waals surface area contributed by atoms with Crippen LogP contribution in [-0.4, -0.2) is 33.0 Å². The summed E-state index contributed by atoms with van der Waals surface area (Å²) in [5.41, 5.74) is 0.459. The van der Waals surface area contributed by atoms with Gasteiger partial charge in [-0.05, 0) is 18.2 Å². The van der Waals surface area contributed by atoms with E-state index in [1.807, 2.05) is 6.20 Å². The summed E-state index contributed by atoms with van der Waals surface area (Å²) >= 11 is 0. The number of methoxy groups -OCH3 is 1.